The van der Waals surface area contributed by atoms with Crippen LogP contribution in [-0.2, 0) is 20.3 Å². The lowest BCUT2D eigenvalue weighted by Crippen LogP contribution is -2.18. The average Bonchev–Trinajstić information content (AvgIpc) is 3.22. The normalized spacial score (nSPS) is 18.4. The van der Waals surface area contributed by atoms with Gasteiger partial charge >= 0.3 is 10.1 Å². The van der Waals surface area contributed by atoms with E-state index in [1.807, 2.05) is 0 Å². The quantitative estimate of drug-likeness (QED) is 0.632. The molecule has 2 aliphatic rings. The monoisotopic (exact) mass is 300 g/mol. The van der Waals surface area contributed by atoms with E-state index < -0.39 is 10.1 Å². The van der Waals surface area contributed by atoms with Crippen LogP contribution in [0, 0.1) is 0 Å². The van der Waals surface area contributed by atoms with E-state index in [-0.39, 0.29) is 11.2 Å². The van der Waals surface area contributed by atoms with Gasteiger partial charge in [-0.1, -0.05) is 13.8 Å². The van der Waals surface area contributed by atoms with Crippen LogP contribution in [0.15, 0.2) is 18.2 Å². The van der Waals surface area contributed by atoms with Gasteiger partial charge < -0.3 is 13.7 Å². The molecule has 0 aromatic heterocycles. The molecule has 0 unspecified atom stereocenters. The summed E-state index contributed by atoms with van der Waals surface area (Å²) in [7, 11) is -3.47. The van der Waals surface area contributed by atoms with Gasteiger partial charge in [0.25, 0.3) is 0 Å². The van der Waals surface area contributed by atoms with Crippen molar-refractivity contribution in [2.24, 2.45) is 0 Å². The minimum absolute atomic E-state index is 0.0377. The molecule has 3 rings (SSSR count). The van der Waals surface area contributed by atoms with Crippen LogP contribution in [-0.4, -0.2) is 34.0 Å². The second-order valence-corrected chi connectivity index (χ2v) is 7.23. The summed E-state index contributed by atoms with van der Waals surface area (Å²) in [5, 5.41) is 0. The Morgan fingerprint density at radius 1 is 1.30 bits per heavy atom. The summed E-state index contributed by atoms with van der Waals surface area (Å²) < 4.78 is 37.8. The first-order valence-electron chi connectivity index (χ1n) is 6.61. The van der Waals surface area contributed by atoms with E-state index in [1.165, 1.54) is 0 Å². The van der Waals surface area contributed by atoms with Gasteiger partial charge in [0, 0.05) is 11.0 Å². The summed E-state index contributed by atoms with van der Waals surface area (Å²) in [6, 6.07) is 5.12. The summed E-state index contributed by atoms with van der Waals surface area (Å²) in [4.78, 5) is 0. The van der Waals surface area contributed by atoms with Crippen LogP contribution < -0.4 is 8.92 Å². The number of fused-ring (bicyclic) bond motifs is 1. The highest BCUT2D eigenvalue weighted by atomic mass is 32.2. The van der Waals surface area contributed by atoms with Crippen molar-refractivity contribution >= 4 is 10.1 Å². The Bertz CT molecular complexity index is 572. The van der Waals surface area contributed by atoms with Crippen molar-refractivity contribution in [1.29, 1.82) is 0 Å². The van der Waals surface area contributed by atoms with Crippen molar-refractivity contribution in [2.45, 2.75) is 26.2 Å². The molecule has 112 valence electrons. The molecule has 0 radical (unpaired) electrons. The molecule has 2 heterocycles. The smallest absolute Gasteiger partial charge is 0.308 e. The highest BCUT2D eigenvalue weighted by molar-refractivity contribution is 7.87. The van der Waals surface area contributed by atoms with E-state index in [2.05, 4.69) is 18.6 Å². The maximum absolute atomic E-state index is 11.4. The predicted octanol–water partition coefficient (Wildman–Crippen LogP) is 2.10. The average molecular weight is 300 g/mol. The van der Waals surface area contributed by atoms with Gasteiger partial charge in [-0.2, -0.15) is 8.42 Å². The Labute approximate surface area is 120 Å². The molecule has 1 fully saturated rings. The second kappa shape index (κ2) is 5.61. The first-order chi connectivity index (χ1) is 9.34. The molecule has 1 saturated heterocycles. The summed E-state index contributed by atoms with van der Waals surface area (Å²) in [5.74, 6) is 1.12. The van der Waals surface area contributed by atoms with Crippen molar-refractivity contribution in [3.8, 4) is 11.5 Å². The lowest BCUT2D eigenvalue weighted by molar-refractivity contribution is 0.291. The highest BCUT2D eigenvalue weighted by Crippen LogP contribution is 2.40. The molecule has 1 aromatic carbocycles. The summed E-state index contributed by atoms with van der Waals surface area (Å²) in [6.45, 7) is 8.26. The number of ether oxygens (including phenoxy) is 2. The SMILES string of the molecule is C1CO1.CCS(=O)(=O)Oc1ccc2c(c1)C(C)(C)CO2. The Morgan fingerprint density at radius 3 is 2.50 bits per heavy atom. The molecule has 0 bridgehead atoms. The van der Waals surface area contributed by atoms with E-state index in [9.17, 15) is 8.42 Å². The maximum Gasteiger partial charge on any atom is 0.308 e. The van der Waals surface area contributed by atoms with Gasteiger partial charge in [0.1, 0.15) is 11.5 Å². The van der Waals surface area contributed by atoms with Gasteiger partial charge in [-0.25, -0.2) is 0 Å². The number of hydrogen-bond acceptors (Lipinski definition) is 5. The molecular weight excluding hydrogens is 280 g/mol. The molecule has 20 heavy (non-hydrogen) atoms. The van der Waals surface area contributed by atoms with Crippen LogP contribution in [0.2, 0.25) is 0 Å². The van der Waals surface area contributed by atoms with Crippen LogP contribution in [0.3, 0.4) is 0 Å². The van der Waals surface area contributed by atoms with Gasteiger partial charge in [-0.05, 0) is 25.1 Å². The Kier molecular flexibility index (Phi) is 4.25. The number of epoxide rings is 1. The van der Waals surface area contributed by atoms with Crippen LogP contribution in [0.1, 0.15) is 26.3 Å². The molecule has 0 spiro atoms. The highest BCUT2D eigenvalue weighted by Gasteiger charge is 2.32. The van der Waals surface area contributed by atoms with Gasteiger partial charge in [-0.15, -0.1) is 0 Å². The number of benzene rings is 1. The minimum atomic E-state index is -3.47. The minimum Gasteiger partial charge on any atom is -0.492 e. The largest absolute Gasteiger partial charge is 0.492 e. The Hall–Kier alpha value is -1.27. The van der Waals surface area contributed by atoms with Crippen molar-refractivity contribution in [3.63, 3.8) is 0 Å². The molecule has 0 atom stereocenters. The Morgan fingerprint density at radius 2 is 1.95 bits per heavy atom. The predicted molar refractivity (Wildman–Crippen MR) is 75.9 cm³/mol. The maximum atomic E-state index is 11.4. The van der Waals surface area contributed by atoms with Crippen LogP contribution in [0.4, 0.5) is 0 Å². The number of rotatable bonds is 3. The summed E-state index contributed by atoms with van der Waals surface area (Å²) >= 11 is 0. The molecule has 0 saturated carbocycles. The first-order valence-corrected chi connectivity index (χ1v) is 8.19. The van der Waals surface area contributed by atoms with Crippen molar-refractivity contribution in [1.82, 2.24) is 0 Å². The van der Waals surface area contributed by atoms with Crippen LogP contribution in [0.5, 0.6) is 11.5 Å². The van der Waals surface area contributed by atoms with E-state index in [0.717, 1.165) is 24.5 Å². The van der Waals surface area contributed by atoms with Gasteiger partial charge in [0.15, 0.2) is 0 Å². The van der Waals surface area contributed by atoms with E-state index >= 15 is 0 Å². The summed E-state index contributed by atoms with van der Waals surface area (Å²) in [5.41, 5.74) is 0.881. The zero-order valence-corrected chi connectivity index (χ0v) is 12.8. The third-order valence-corrected chi connectivity index (χ3v) is 4.20. The van der Waals surface area contributed by atoms with Crippen molar-refractivity contribution in [3.05, 3.63) is 23.8 Å². The lowest BCUT2D eigenvalue weighted by atomic mass is 9.87. The van der Waals surface area contributed by atoms with E-state index in [0.29, 0.717) is 12.4 Å². The second-order valence-electron chi connectivity index (χ2n) is 5.37. The molecular formula is C14H20O5S. The molecule has 5 nitrogen and oxygen atoms in total. The van der Waals surface area contributed by atoms with Gasteiger partial charge in [-0.3, -0.25) is 0 Å². The molecule has 2 aliphatic heterocycles. The van der Waals surface area contributed by atoms with Crippen LogP contribution >= 0.6 is 0 Å². The number of hydrogen-bond donors (Lipinski definition) is 0. The standard InChI is InChI=1S/C12H16O4S.C2H4O/c1-4-17(13,14)16-9-5-6-11-10(7-9)12(2,3)8-15-11;1-2-3-1/h5-7H,4,8H2,1-3H3;1-2H2. The molecule has 6 heteroatoms. The molecule has 0 aliphatic carbocycles. The Balaban J connectivity index is 0.000000432. The fourth-order valence-corrected chi connectivity index (χ4v) is 2.27. The zero-order valence-electron chi connectivity index (χ0n) is 12.0. The van der Waals surface area contributed by atoms with Gasteiger partial charge in [0.2, 0.25) is 0 Å². The van der Waals surface area contributed by atoms with Crippen LogP contribution in [0.25, 0.3) is 0 Å². The molecule has 0 amide bonds. The lowest BCUT2D eigenvalue weighted by Gasteiger charge is -2.15. The fraction of sp³-hybridized carbons (Fsp3) is 0.571. The third kappa shape index (κ3) is 3.86. The molecule has 0 N–H and O–H groups in total. The van der Waals surface area contributed by atoms with Crippen molar-refractivity contribution in [2.75, 3.05) is 25.6 Å². The van der Waals surface area contributed by atoms with E-state index in [4.69, 9.17) is 8.92 Å². The first kappa shape index (κ1) is 15.1. The summed E-state index contributed by atoms with van der Waals surface area (Å²) in [6.07, 6.45) is 0. The van der Waals surface area contributed by atoms with Crippen molar-refractivity contribution < 1.29 is 22.1 Å². The fourth-order valence-electron chi connectivity index (χ4n) is 1.76. The van der Waals surface area contributed by atoms with E-state index in [1.54, 1.807) is 25.1 Å². The zero-order chi connectivity index (χ0) is 14.8. The topological polar surface area (TPSA) is 65.1 Å². The molecule has 1 aromatic rings. The third-order valence-electron chi connectivity index (χ3n) is 3.05. The van der Waals surface area contributed by atoms with Gasteiger partial charge in [0.05, 0.1) is 25.6 Å².